The highest BCUT2D eigenvalue weighted by atomic mass is 15.0. The molecule has 0 amide bonds. The van der Waals surface area contributed by atoms with Crippen molar-refractivity contribution in [1.29, 1.82) is 0 Å². The minimum Gasteiger partial charge on any atom is -0.342 e. The van der Waals surface area contributed by atoms with Crippen LogP contribution in [0.4, 0.5) is 0 Å². The van der Waals surface area contributed by atoms with Crippen LogP contribution in [-0.4, -0.2) is 9.55 Å². The van der Waals surface area contributed by atoms with E-state index in [1.54, 1.807) is 0 Å². The number of benzene rings is 1. The van der Waals surface area contributed by atoms with Gasteiger partial charge in [-0.2, -0.15) is 0 Å². The zero-order chi connectivity index (χ0) is 12.9. The molecule has 2 aromatic heterocycles. The summed E-state index contributed by atoms with van der Waals surface area (Å²) in [6.07, 6.45) is 1.87. The molecular weight excluding hydrogens is 220 g/mol. The smallest absolute Gasteiger partial charge is 0.0959 e. The zero-order valence-electron chi connectivity index (χ0n) is 11.4. The van der Waals surface area contributed by atoms with Gasteiger partial charge in [-0.25, -0.2) is 0 Å². The number of rotatable bonds is 0. The first-order valence-corrected chi connectivity index (χ1v) is 6.32. The number of aryl methyl sites for hydroxylation is 1. The van der Waals surface area contributed by atoms with Crippen molar-refractivity contribution in [3.8, 4) is 0 Å². The van der Waals surface area contributed by atoms with Crippen LogP contribution in [0.5, 0.6) is 0 Å². The SMILES string of the molecule is Cn1c2ccc(C(C)(C)C)cc2c2ncccc21. The summed E-state index contributed by atoms with van der Waals surface area (Å²) in [4.78, 5) is 4.53. The van der Waals surface area contributed by atoms with Gasteiger partial charge in [-0.15, -0.1) is 0 Å². The molecule has 0 unspecified atom stereocenters. The standard InChI is InChI=1S/C16H18N2/c1-16(2,3)11-7-8-13-12(10-11)15-14(18(13)4)6-5-9-17-15/h5-10H,1-4H3. The van der Waals surface area contributed by atoms with E-state index in [-0.39, 0.29) is 5.41 Å². The van der Waals surface area contributed by atoms with E-state index in [4.69, 9.17) is 0 Å². The summed E-state index contributed by atoms with van der Waals surface area (Å²) >= 11 is 0. The molecule has 0 spiro atoms. The average Bonchev–Trinajstić information content (AvgIpc) is 2.63. The number of fused-ring (bicyclic) bond motifs is 3. The van der Waals surface area contributed by atoms with Crippen LogP contribution in [0.1, 0.15) is 26.3 Å². The molecule has 0 aliphatic carbocycles. The number of aromatic nitrogens is 2. The van der Waals surface area contributed by atoms with E-state index < -0.39 is 0 Å². The van der Waals surface area contributed by atoms with E-state index in [0.717, 1.165) is 5.52 Å². The quantitative estimate of drug-likeness (QED) is 0.578. The summed E-state index contributed by atoms with van der Waals surface area (Å²) in [5.74, 6) is 0. The number of nitrogens with zero attached hydrogens (tertiary/aromatic N) is 2. The Labute approximate surface area is 107 Å². The van der Waals surface area contributed by atoms with E-state index in [9.17, 15) is 0 Å². The van der Waals surface area contributed by atoms with Crippen LogP contribution in [0.25, 0.3) is 21.9 Å². The maximum Gasteiger partial charge on any atom is 0.0959 e. The molecule has 0 saturated heterocycles. The largest absolute Gasteiger partial charge is 0.342 e. The Bertz CT molecular complexity index is 730. The van der Waals surface area contributed by atoms with Crippen LogP contribution in [0.15, 0.2) is 36.5 Å². The summed E-state index contributed by atoms with van der Waals surface area (Å²) in [6.45, 7) is 6.73. The molecule has 18 heavy (non-hydrogen) atoms. The zero-order valence-corrected chi connectivity index (χ0v) is 11.4. The second-order valence-corrected chi connectivity index (χ2v) is 5.91. The van der Waals surface area contributed by atoms with E-state index in [0.29, 0.717) is 0 Å². The van der Waals surface area contributed by atoms with Crippen molar-refractivity contribution in [3.63, 3.8) is 0 Å². The Morgan fingerprint density at radius 2 is 1.83 bits per heavy atom. The Morgan fingerprint density at radius 3 is 2.56 bits per heavy atom. The van der Waals surface area contributed by atoms with Crippen LogP contribution in [0.3, 0.4) is 0 Å². The molecular formula is C16H18N2. The molecule has 92 valence electrons. The monoisotopic (exact) mass is 238 g/mol. The number of hydrogen-bond donors (Lipinski definition) is 0. The Balaban J connectivity index is 2.44. The third-order valence-corrected chi connectivity index (χ3v) is 3.63. The average molecular weight is 238 g/mol. The summed E-state index contributed by atoms with van der Waals surface area (Å²) in [5, 5.41) is 1.25. The first-order valence-electron chi connectivity index (χ1n) is 6.32. The van der Waals surface area contributed by atoms with Gasteiger partial charge in [-0.05, 0) is 35.2 Å². The lowest BCUT2D eigenvalue weighted by molar-refractivity contribution is 0.591. The van der Waals surface area contributed by atoms with Crippen LogP contribution in [0.2, 0.25) is 0 Å². The van der Waals surface area contributed by atoms with Gasteiger partial charge < -0.3 is 4.57 Å². The predicted molar refractivity (Wildman–Crippen MR) is 76.9 cm³/mol. The minimum absolute atomic E-state index is 0.172. The highest BCUT2D eigenvalue weighted by Crippen LogP contribution is 2.31. The van der Waals surface area contributed by atoms with Gasteiger partial charge >= 0.3 is 0 Å². The van der Waals surface area contributed by atoms with Crippen LogP contribution < -0.4 is 0 Å². The maximum absolute atomic E-state index is 4.53. The molecule has 0 radical (unpaired) electrons. The molecule has 0 fully saturated rings. The molecule has 3 aromatic rings. The molecule has 0 aliphatic heterocycles. The minimum atomic E-state index is 0.172. The van der Waals surface area contributed by atoms with Crippen molar-refractivity contribution in [2.45, 2.75) is 26.2 Å². The first-order chi connectivity index (χ1) is 8.48. The lowest BCUT2D eigenvalue weighted by Crippen LogP contribution is -2.10. The van der Waals surface area contributed by atoms with Crippen molar-refractivity contribution in [3.05, 3.63) is 42.1 Å². The fourth-order valence-electron chi connectivity index (χ4n) is 2.49. The van der Waals surface area contributed by atoms with Crippen LogP contribution >= 0.6 is 0 Å². The van der Waals surface area contributed by atoms with E-state index >= 15 is 0 Å². The predicted octanol–water partition coefficient (Wildman–Crippen LogP) is 4.02. The van der Waals surface area contributed by atoms with Crippen molar-refractivity contribution < 1.29 is 0 Å². The molecule has 1 aromatic carbocycles. The third kappa shape index (κ3) is 1.52. The fourth-order valence-corrected chi connectivity index (χ4v) is 2.49. The molecule has 2 heterocycles. The van der Waals surface area contributed by atoms with E-state index in [1.807, 2.05) is 12.3 Å². The van der Waals surface area contributed by atoms with Gasteiger partial charge in [0.1, 0.15) is 0 Å². The van der Waals surface area contributed by atoms with Crippen LogP contribution in [0, 0.1) is 0 Å². The summed E-state index contributed by atoms with van der Waals surface area (Å²) in [5.41, 5.74) is 5.06. The number of pyridine rings is 1. The van der Waals surface area contributed by atoms with Gasteiger partial charge in [-0.1, -0.05) is 26.8 Å². The van der Waals surface area contributed by atoms with Gasteiger partial charge in [0.25, 0.3) is 0 Å². The van der Waals surface area contributed by atoms with Gasteiger partial charge in [-0.3, -0.25) is 4.98 Å². The van der Waals surface area contributed by atoms with Gasteiger partial charge in [0, 0.05) is 18.6 Å². The number of hydrogen-bond acceptors (Lipinski definition) is 1. The third-order valence-electron chi connectivity index (χ3n) is 3.63. The highest BCUT2D eigenvalue weighted by molar-refractivity contribution is 6.05. The normalized spacial score (nSPS) is 12.4. The van der Waals surface area contributed by atoms with Crippen molar-refractivity contribution in [1.82, 2.24) is 9.55 Å². The second kappa shape index (κ2) is 3.58. The van der Waals surface area contributed by atoms with Crippen LogP contribution in [-0.2, 0) is 12.5 Å². The molecule has 2 nitrogen and oxygen atoms in total. The van der Waals surface area contributed by atoms with E-state index in [1.165, 1.54) is 22.0 Å². The summed E-state index contributed by atoms with van der Waals surface area (Å²) in [7, 11) is 2.10. The van der Waals surface area contributed by atoms with Crippen molar-refractivity contribution >= 4 is 21.9 Å². The maximum atomic E-state index is 4.53. The lowest BCUT2D eigenvalue weighted by atomic mass is 9.86. The molecule has 0 aliphatic rings. The topological polar surface area (TPSA) is 17.8 Å². The summed E-state index contributed by atoms with van der Waals surface area (Å²) in [6, 6.07) is 10.8. The first kappa shape index (κ1) is 11.3. The second-order valence-electron chi connectivity index (χ2n) is 5.91. The fraction of sp³-hybridized carbons (Fsp3) is 0.312. The molecule has 0 bridgehead atoms. The Kier molecular flexibility index (Phi) is 2.24. The molecule has 3 rings (SSSR count). The van der Waals surface area contributed by atoms with Gasteiger partial charge in [0.05, 0.1) is 16.6 Å². The van der Waals surface area contributed by atoms with Crippen molar-refractivity contribution in [2.24, 2.45) is 7.05 Å². The van der Waals surface area contributed by atoms with Crippen molar-refractivity contribution in [2.75, 3.05) is 0 Å². The summed E-state index contributed by atoms with van der Waals surface area (Å²) < 4.78 is 2.21. The van der Waals surface area contributed by atoms with Gasteiger partial charge in [0.15, 0.2) is 0 Å². The molecule has 0 N–H and O–H groups in total. The Hall–Kier alpha value is -1.83. The van der Waals surface area contributed by atoms with Gasteiger partial charge in [0.2, 0.25) is 0 Å². The van der Waals surface area contributed by atoms with E-state index in [2.05, 4.69) is 61.6 Å². The molecule has 2 heteroatoms. The lowest BCUT2D eigenvalue weighted by Gasteiger charge is -2.18. The highest BCUT2D eigenvalue weighted by Gasteiger charge is 2.16. The molecule has 0 atom stereocenters. The Morgan fingerprint density at radius 1 is 1.06 bits per heavy atom. The molecule has 0 saturated carbocycles.